The molecule has 1 unspecified atom stereocenters. The maximum absolute atomic E-state index is 11.8. The first kappa shape index (κ1) is 14.0. The topological polar surface area (TPSA) is 12.0 Å². The van der Waals surface area contributed by atoms with Gasteiger partial charge in [0.15, 0.2) is 0 Å². The van der Waals surface area contributed by atoms with E-state index in [1.54, 1.807) is 0 Å². The maximum atomic E-state index is 11.8. The van der Waals surface area contributed by atoms with Crippen molar-refractivity contribution in [3.05, 3.63) is 0 Å². The maximum Gasteiger partial charge on any atom is 0.389 e. The molecule has 14 heavy (non-hydrogen) atoms. The molecule has 0 aliphatic carbocycles. The van der Waals surface area contributed by atoms with E-state index in [4.69, 9.17) is 11.6 Å². The molecule has 0 aliphatic rings. The molecular formula is C9H17ClF3N. The second-order valence-corrected chi connectivity index (χ2v) is 4.64. The Morgan fingerprint density at radius 2 is 1.79 bits per heavy atom. The van der Waals surface area contributed by atoms with Gasteiger partial charge in [0.25, 0.3) is 0 Å². The zero-order valence-electron chi connectivity index (χ0n) is 8.71. The van der Waals surface area contributed by atoms with Crippen molar-refractivity contribution in [2.45, 2.75) is 50.7 Å². The molecule has 0 spiro atoms. The lowest BCUT2D eigenvalue weighted by molar-refractivity contribution is -0.135. The van der Waals surface area contributed by atoms with Gasteiger partial charge in [0.05, 0.1) is 0 Å². The van der Waals surface area contributed by atoms with E-state index in [0.717, 1.165) is 0 Å². The van der Waals surface area contributed by atoms with Crippen molar-refractivity contribution in [1.82, 2.24) is 5.32 Å². The molecule has 0 heterocycles. The first-order valence-corrected chi connectivity index (χ1v) is 5.04. The van der Waals surface area contributed by atoms with E-state index in [-0.39, 0.29) is 17.3 Å². The van der Waals surface area contributed by atoms with Crippen molar-refractivity contribution in [3.8, 4) is 0 Å². The minimum absolute atomic E-state index is 0.0938. The average Bonchev–Trinajstić information content (AvgIpc) is 1.96. The summed E-state index contributed by atoms with van der Waals surface area (Å²) in [4.78, 5) is 0. The van der Waals surface area contributed by atoms with Gasteiger partial charge in [-0.15, -0.1) is 11.6 Å². The summed E-state index contributed by atoms with van der Waals surface area (Å²) in [6, 6.07) is 0. The number of alkyl halides is 4. The van der Waals surface area contributed by atoms with Gasteiger partial charge in [-0.25, -0.2) is 0 Å². The molecule has 0 rings (SSSR count). The zero-order valence-corrected chi connectivity index (χ0v) is 9.47. The van der Waals surface area contributed by atoms with Crippen molar-refractivity contribution in [1.29, 1.82) is 0 Å². The lowest BCUT2D eigenvalue weighted by atomic mass is 10.0. The van der Waals surface area contributed by atoms with Crippen molar-refractivity contribution in [2.75, 3.05) is 6.54 Å². The molecule has 0 amide bonds. The van der Waals surface area contributed by atoms with Crippen LogP contribution in [-0.4, -0.2) is 23.6 Å². The van der Waals surface area contributed by atoms with Crippen LogP contribution in [0.1, 0.15) is 33.6 Å². The molecule has 0 aliphatic heterocycles. The fraction of sp³-hybridized carbons (Fsp3) is 1.00. The van der Waals surface area contributed by atoms with E-state index in [1.807, 2.05) is 20.8 Å². The van der Waals surface area contributed by atoms with Crippen LogP contribution in [-0.2, 0) is 0 Å². The number of rotatable bonds is 5. The van der Waals surface area contributed by atoms with Crippen LogP contribution in [0, 0.1) is 0 Å². The van der Waals surface area contributed by atoms with E-state index in [2.05, 4.69) is 5.32 Å². The molecule has 0 aromatic rings. The number of nitrogens with one attached hydrogen (secondary N) is 1. The molecule has 1 nitrogen and oxygen atoms in total. The second kappa shape index (κ2) is 5.21. The summed E-state index contributed by atoms with van der Waals surface area (Å²) in [7, 11) is 0. The SMILES string of the molecule is CC(Cl)C(C)(C)NCCCC(F)(F)F. The van der Waals surface area contributed by atoms with Gasteiger partial charge in [0.1, 0.15) is 0 Å². The normalized spacial score (nSPS) is 15.6. The third kappa shape index (κ3) is 6.49. The van der Waals surface area contributed by atoms with Gasteiger partial charge in [-0.1, -0.05) is 0 Å². The standard InChI is InChI=1S/C9H17ClF3N/c1-7(10)8(2,3)14-6-4-5-9(11,12)13/h7,14H,4-6H2,1-3H3. The summed E-state index contributed by atoms with van der Waals surface area (Å²) in [5.41, 5.74) is -0.326. The quantitative estimate of drug-likeness (QED) is 0.565. The summed E-state index contributed by atoms with van der Waals surface area (Å²) in [5, 5.41) is 2.88. The Hall–Kier alpha value is 0.0400. The first-order chi connectivity index (χ1) is 6.15. The predicted molar refractivity (Wildman–Crippen MR) is 52.7 cm³/mol. The Labute approximate surface area is 88.0 Å². The van der Waals surface area contributed by atoms with E-state index < -0.39 is 12.6 Å². The molecule has 86 valence electrons. The van der Waals surface area contributed by atoms with Crippen LogP contribution in [0.2, 0.25) is 0 Å². The highest BCUT2D eigenvalue weighted by Crippen LogP contribution is 2.21. The molecule has 0 saturated heterocycles. The molecular weight excluding hydrogens is 215 g/mol. The number of hydrogen-bond donors (Lipinski definition) is 1. The number of hydrogen-bond acceptors (Lipinski definition) is 1. The molecule has 0 aromatic carbocycles. The van der Waals surface area contributed by atoms with E-state index in [9.17, 15) is 13.2 Å². The Kier molecular flexibility index (Phi) is 5.23. The highest BCUT2D eigenvalue weighted by Gasteiger charge is 2.27. The van der Waals surface area contributed by atoms with Crippen LogP contribution in [0.15, 0.2) is 0 Å². The molecule has 0 aromatic heterocycles. The second-order valence-electron chi connectivity index (χ2n) is 3.98. The third-order valence-corrected chi connectivity index (χ3v) is 2.76. The van der Waals surface area contributed by atoms with Gasteiger partial charge >= 0.3 is 6.18 Å². The van der Waals surface area contributed by atoms with Gasteiger partial charge in [0.2, 0.25) is 0 Å². The minimum Gasteiger partial charge on any atom is -0.310 e. The van der Waals surface area contributed by atoms with Gasteiger partial charge < -0.3 is 5.32 Å². The van der Waals surface area contributed by atoms with Gasteiger partial charge in [-0.2, -0.15) is 13.2 Å². The summed E-state index contributed by atoms with van der Waals surface area (Å²) in [5.74, 6) is 0. The Morgan fingerprint density at radius 3 is 2.14 bits per heavy atom. The van der Waals surface area contributed by atoms with Crippen molar-refractivity contribution >= 4 is 11.6 Å². The first-order valence-electron chi connectivity index (χ1n) is 4.61. The van der Waals surface area contributed by atoms with Crippen LogP contribution in [0.5, 0.6) is 0 Å². The summed E-state index contributed by atoms with van der Waals surface area (Å²) < 4.78 is 35.3. The number of halogens is 4. The zero-order chi connectivity index (χ0) is 11.4. The fourth-order valence-corrected chi connectivity index (χ4v) is 0.917. The minimum atomic E-state index is -4.06. The highest BCUT2D eigenvalue weighted by atomic mass is 35.5. The molecule has 0 bridgehead atoms. The van der Waals surface area contributed by atoms with Crippen LogP contribution < -0.4 is 5.32 Å². The summed E-state index contributed by atoms with van der Waals surface area (Å²) >= 11 is 5.85. The molecule has 0 fully saturated rings. The van der Waals surface area contributed by atoms with Gasteiger partial charge in [-0.05, 0) is 33.7 Å². The average molecular weight is 232 g/mol. The van der Waals surface area contributed by atoms with Crippen LogP contribution in [0.3, 0.4) is 0 Å². The van der Waals surface area contributed by atoms with Crippen molar-refractivity contribution in [2.24, 2.45) is 0 Å². The van der Waals surface area contributed by atoms with Gasteiger partial charge in [0, 0.05) is 17.3 Å². The third-order valence-electron chi connectivity index (χ3n) is 2.21. The van der Waals surface area contributed by atoms with E-state index in [1.165, 1.54) is 0 Å². The monoisotopic (exact) mass is 231 g/mol. The van der Waals surface area contributed by atoms with E-state index in [0.29, 0.717) is 6.54 Å². The molecule has 1 N–H and O–H groups in total. The van der Waals surface area contributed by atoms with Crippen LogP contribution in [0.25, 0.3) is 0 Å². The predicted octanol–water partition coefficient (Wildman–Crippen LogP) is 3.32. The summed E-state index contributed by atoms with van der Waals surface area (Å²) in [6.07, 6.45) is -4.71. The largest absolute Gasteiger partial charge is 0.389 e. The lowest BCUT2D eigenvalue weighted by Crippen LogP contribution is -2.46. The fourth-order valence-electron chi connectivity index (χ4n) is 0.840. The van der Waals surface area contributed by atoms with Gasteiger partial charge in [-0.3, -0.25) is 0 Å². The Bertz CT molecular complexity index is 166. The smallest absolute Gasteiger partial charge is 0.310 e. The molecule has 5 heteroatoms. The van der Waals surface area contributed by atoms with Crippen molar-refractivity contribution in [3.63, 3.8) is 0 Å². The highest BCUT2D eigenvalue weighted by molar-refractivity contribution is 6.21. The van der Waals surface area contributed by atoms with Crippen LogP contribution >= 0.6 is 11.6 Å². The molecule has 0 saturated carbocycles. The Balaban J connectivity index is 3.65. The van der Waals surface area contributed by atoms with Crippen molar-refractivity contribution < 1.29 is 13.2 Å². The molecule has 0 radical (unpaired) electrons. The lowest BCUT2D eigenvalue weighted by Gasteiger charge is -2.29. The summed E-state index contributed by atoms with van der Waals surface area (Å²) in [6.45, 7) is 5.90. The molecule has 1 atom stereocenters. The van der Waals surface area contributed by atoms with E-state index >= 15 is 0 Å². The van der Waals surface area contributed by atoms with Crippen LogP contribution in [0.4, 0.5) is 13.2 Å². The Morgan fingerprint density at radius 1 is 1.29 bits per heavy atom.